The van der Waals surface area contributed by atoms with Crippen LogP contribution in [-0.2, 0) is 13.0 Å². The number of ketones is 1. The van der Waals surface area contributed by atoms with E-state index in [1.165, 1.54) is 22.0 Å². The lowest BCUT2D eigenvalue weighted by Gasteiger charge is -2.41. The molecule has 0 unspecified atom stereocenters. The number of para-hydroxylation sites is 1. The van der Waals surface area contributed by atoms with Gasteiger partial charge in [0.2, 0.25) is 0 Å². The molecule has 1 fully saturated rings. The third-order valence-corrected chi connectivity index (χ3v) is 7.55. The Kier molecular flexibility index (Phi) is 5.35. The minimum Gasteiger partial charge on any atom is -0.497 e. The van der Waals surface area contributed by atoms with E-state index in [4.69, 9.17) is 4.74 Å². The normalized spacial score (nSPS) is 24.0. The van der Waals surface area contributed by atoms with Crippen molar-refractivity contribution < 1.29 is 9.53 Å². The minimum absolute atomic E-state index is 0.329. The SMILES string of the molecule is CC[C@@H]1CN(C)C[C@H]2Cc3c(n(Cc4ccc(OC)cc4)c4ccccc34)C(=O)C[C@@H]12. The maximum atomic E-state index is 13.7. The Morgan fingerprint density at radius 3 is 2.55 bits per heavy atom. The summed E-state index contributed by atoms with van der Waals surface area (Å²) >= 11 is 0. The standard InChI is InChI=1S/C27H32N2O2/c1-4-19-16-28(2)17-20-13-24-22-7-5-6-8-25(22)29(27(24)26(30)14-23(19)20)15-18-9-11-21(31-3)12-10-18/h5-12,19-20,23H,4,13-17H2,1-3H3/t19-,20-,23+/m1/s1. The Labute approximate surface area is 184 Å². The molecule has 31 heavy (non-hydrogen) atoms. The number of carbonyl (C=O) groups is 1. The first-order chi connectivity index (χ1) is 15.1. The van der Waals surface area contributed by atoms with Crippen molar-refractivity contribution in [1.82, 2.24) is 9.47 Å². The smallest absolute Gasteiger partial charge is 0.179 e. The van der Waals surface area contributed by atoms with Crippen molar-refractivity contribution >= 4 is 16.7 Å². The van der Waals surface area contributed by atoms with Crippen molar-refractivity contribution in [2.45, 2.75) is 32.7 Å². The third kappa shape index (κ3) is 3.57. The Bertz CT molecular complexity index is 1100. The molecule has 1 aliphatic heterocycles. The van der Waals surface area contributed by atoms with Crippen LogP contribution in [0.3, 0.4) is 0 Å². The van der Waals surface area contributed by atoms with Crippen LogP contribution in [0.2, 0.25) is 0 Å². The van der Waals surface area contributed by atoms with E-state index in [0.717, 1.165) is 37.4 Å². The molecular weight excluding hydrogens is 384 g/mol. The molecule has 5 rings (SSSR count). The van der Waals surface area contributed by atoms with Crippen LogP contribution in [0.5, 0.6) is 5.75 Å². The number of carbonyl (C=O) groups excluding carboxylic acids is 1. The number of Topliss-reactive ketones (excluding diaryl/α,β-unsaturated/α-hetero) is 1. The molecule has 3 aromatic rings. The molecule has 0 N–H and O–H groups in total. The summed E-state index contributed by atoms with van der Waals surface area (Å²) < 4.78 is 7.59. The van der Waals surface area contributed by atoms with Crippen molar-refractivity contribution in [3.63, 3.8) is 0 Å². The van der Waals surface area contributed by atoms with Gasteiger partial charge in [-0.3, -0.25) is 4.79 Å². The molecule has 4 nitrogen and oxygen atoms in total. The lowest BCUT2D eigenvalue weighted by Crippen LogP contribution is -2.45. The number of aromatic nitrogens is 1. The number of fused-ring (bicyclic) bond motifs is 4. The van der Waals surface area contributed by atoms with Gasteiger partial charge in [-0.2, -0.15) is 0 Å². The van der Waals surface area contributed by atoms with Gasteiger partial charge in [0, 0.05) is 37.0 Å². The molecule has 0 saturated carbocycles. The molecule has 3 atom stereocenters. The predicted octanol–water partition coefficient (Wildman–Crippen LogP) is 5.03. The number of rotatable bonds is 4. The maximum absolute atomic E-state index is 13.7. The van der Waals surface area contributed by atoms with Gasteiger partial charge < -0.3 is 14.2 Å². The third-order valence-electron chi connectivity index (χ3n) is 7.55. The highest BCUT2D eigenvalue weighted by atomic mass is 16.5. The van der Waals surface area contributed by atoms with Gasteiger partial charge in [0.05, 0.1) is 12.8 Å². The molecule has 2 aromatic carbocycles. The lowest BCUT2D eigenvalue weighted by molar-refractivity contribution is 0.0637. The fraction of sp³-hybridized carbons (Fsp3) is 0.444. The molecule has 2 heterocycles. The molecular formula is C27H32N2O2. The summed E-state index contributed by atoms with van der Waals surface area (Å²) in [4.78, 5) is 16.2. The second-order valence-electron chi connectivity index (χ2n) is 9.42. The zero-order valence-electron chi connectivity index (χ0n) is 18.8. The van der Waals surface area contributed by atoms with Crippen LogP contribution in [0.1, 0.15) is 41.4 Å². The quantitative estimate of drug-likeness (QED) is 0.598. The van der Waals surface area contributed by atoms with Gasteiger partial charge in [-0.1, -0.05) is 43.7 Å². The zero-order valence-corrected chi connectivity index (χ0v) is 18.8. The van der Waals surface area contributed by atoms with E-state index in [1.54, 1.807) is 7.11 Å². The van der Waals surface area contributed by atoms with Gasteiger partial charge in [-0.25, -0.2) is 0 Å². The summed E-state index contributed by atoms with van der Waals surface area (Å²) in [5.41, 5.74) is 4.58. The summed E-state index contributed by atoms with van der Waals surface area (Å²) in [6.07, 6.45) is 2.83. The highest BCUT2D eigenvalue weighted by molar-refractivity contribution is 6.03. The highest BCUT2D eigenvalue weighted by Crippen LogP contribution is 2.42. The molecule has 162 valence electrons. The molecule has 0 radical (unpaired) electrons. The van der Waals surface area contributed by atoms with E-state index >= 15 is 0 Å². The van der Waals surface area contributed by atoms with Crippen LogP contribution >= 0.6 is 0 Å². The Hall–Kier alpha value is -2.59. The Balaban J connectivity index is 1.60. The number of benzene rings is 2. The van der Waals surface area contributed by atoms with Gasteiger partial charge in [0.1, 0.15) is 5.75 Å². The first kappa shape index (κ1) is 20.3. The molecule has 1 saturated heterocycles. The van der Waals surface area contributed by atoms with Gasteiger partial charge in [-0.05, 0) is 60.5 Å². The highest BCUT2D eigenvalue weighted by Gasteiger charge is 2.40. The molecule has 1 aromatic heterocycles. The van der Waals surface area contributed by atoms with Crippen molar-refractivity contribution in [3.8, 4) is 5.75 Å². The van der Waals surface area contributed by atoms with Crippen LogP contribution < -0.4 is 4.74 Å². The number of likely N-dealkylation sites (tertiary alicyclic amines) is 1. The number of hydrogen-bond donors (Lipinski definition) is 0. The van der Waals surface area contributed by atoms with E-state index in [1.807, 2.05) is 12.1 Å². The van der Waals surface area contributed by atoms with E-state index in [2.05, 4.69) is 59.8 Å². The fourth-order valence-corrected chi connectivity index (χ4v) is 6.06. The average Bonchev–Trinajstić information content (AvgIpc) is 3.00. The molecule has 1 aliphatic carbocycles. The summed E-state index contributed by atoms with van der Waals surface area (Å²) in [6, 6.07) is 16.8. The Morgan fingerprint density at radius 2 is 1.81 bits per heavy atom. The molecule has 0 spiro atoms. The molecule has 4 heteroatoms. The number of nitrogens with zero attached hydrogens (tertiary/aromatic N) is 2. The second-order valence-corrected chi connectivity index (χ2v) is 9.42. The minimum atomic E-state index is 0.329. The van der Waals surface area contributed by atoms with Gasteiger partial charge in [0.25, 0.3) is 0 Å². The van der Waals surface area contributed by atoms with Crippen molar-refractivity contribution in [1.29, 1.82) is 0 Å². The van der Waals surface area contributed by atoms with E-state index in [0.29, 0.717) is 36.5 Å². The van der Waals surface area contributed by atoms with Crippen LogP contribution in [0.15, 0.2) is 48.5 Å². The first-order valence-electron chi connectivity index (χ1n) is 11.5. The van der Waals surface area contributed by atoms with Crippen LogP contribution in [-0.4, -0.2) is 42.5 Å². The average molecular weight is 417 g/mol. The van der Waals surface area contributed by atoms with E-state index < -0.39 is 0 Å². The van der Waals surface area contributed by atoms with E-state index in [9.17, 15) is 4.79 Å². The van der Waals surface area contributed by atoms with Crippen molar-refractivity contribution in [2.75, 3.05) is 27.2 Å². The van der Waals surface area contributed by atoms with E-state index in [-0.39, 0.29) is 0 Å². The van der Waals surface area contributed by atoms with Crippen molar-refractivity contribution in [3.05, 3.63) is 65.4 Å². The molecule has 0 amide bonds. The number of methoxy groups -OCH3 is 1. The largest absolute Gasteiger partial charge is 0.497 e. The number of ether oxygens (including phenoxy) is 1. The summed E-state index contributed by atoms with van der Waals surface area (Å²) in [6.45, 7) is 5.19. The maximum Gasteiger partial charge on any atom is 0.179 e. The first-order valence-corrected chi connectivity index (χ1v) is 11.5. The summed E-state index contributed by atoms with van der Waals surface area (Å²) in [5, 5.41) is 1.25. The van der Waals surface area contributed by atoms with Crippen LogP contribution in [0.25, 0.3) is 10.9 Å². The van der Waals surface area contributed by atoms with Gasteiger partial charge in [-0.15, -0.1) is 0 Å². The van der Waals surface area contributed by atoms with Crippen molar-refractivity contribution in [2.24, 2.45) is 17.8 Å². The Morgan fingerprint density at radius 1 is 1.03 bits per heavy atom. The fourth-order valence-electron chi connectivity index (χ4n) is 6.06. The van der Waals surface area contributed by atoms with Crippen LogP contribution in [0.4, 0.5) is 0 Å². The van der Waals surface area contributed by atoms with Gasteiger partial charge in [0.15, 0.2) is 5.78 Å². The van der Waals surface area contributed by atoms with Gasteiger partial charge >= 0.3 is 0 Å². The molecule has 2 aliphatic rings. The van der Waals surface area contributed by atoms with Crippen LogP contribution in [0, 0.1) is 17.8 Å². The summed E-state index contributed by atoms with van der Waals surface area (Å²) in [7, 11) is 3.92. The summed E-state index contributed by atoms with van der Waals surface area (Å²) in [5.74, 6) is 2.84. The monoisotopic (exact) mass is 416 g/mol. The lowest BCUT2D eigenvalue weighted by atomic mass is 9.73. The number of piperidine rings is 1. The topological polar surface area (TPSA) is 34.5 Å². The second kappa shape index (κ2) is 8.16. The predicted molar refractivity (Wildman–Crippen MR) is 125 cm³/mol. The number of hydrogen-bond acceptors (Lipinski definition) is 3. The molecule has 0 bridgehead atoms. The zero-order chi connectivity index (χ0) is 21.5.